The number of carbonyl (C=O) groups is 1. The zero-order valence-corrected chi connectivity index (χ0v) is 16.4. The Bertz CT molecular complexity index is 867. The maximum absolute atomic E-state index is 12.8. The van der Waals surface area contributed by atoms with Gasteiger partial charge in [-0.05, 0) is 43.5 Å². The first kappa shape index (κ1) is 20.9. The average Bonchev–Trinajstić information content (AvgIpc) is 2.62. The molecule has 3 N–H and O–H groups in total. The van der Waals surface area contributed by atoms with Crippen molar-refractivity contribution in [2.24, 2.45) is 0 Å². The van der Waals surface area contributed by atoms with Gasteiger partial charge in [-0.25, -0.2) is 17.9 Å². The van der Waals surface area contributed by atoms with E-state index < -0.39 is 16.0 Å². The molecule has 0 aromatic heterocycles. The van der Waals surface area contributed by atoms with Crippen molar-refractivity contribution < 1.29 is 18.3 Å². The topological polar surface area (TPSA) is 95.5 Å². The molecule has 0 spiro atoms. The van der Waals surface area contributed by atoms with Crippen LogP contribution in [0.3, 0.4) is 0 Å². The molecule has 2 rings (SSSR count). The van der Waals surface area contributed by atoms with Crippen molar-refractivity contribution >= 4 is 21.7 Å². The second-order valence-corrected chi connectivity index (χ2v) is 8.17. The van der Waals surface area contributed by atoms with Gasteiger partial charge in [-0.15, -0.1) is 0 Å². The van der Waals surface area contributed by atoms with Crippen LogP contribution in [0.4, 0.5) is 5.69 Å². The zero-order valence-electron chi connectivity index (χ0n) is 15.6. The molecule has 2 aromatic carbocycles. The maximum Gasteiger partial charge on any atom is 0.335 e. The molecule has 0 saturated heterocycles. The van der Waals surface area contributed by atoms with E-state index in [2.05, 4.69) is 10.0 Å². The van der Waals surface area contributed by atoms with Gasteiger partial charge < -0.3 is 10.4 Å². The predicted molar refractivity (Wildman–Crippen MR) is 107 cm³/mol. The van der Waals surface area contributed by atoms with Crippen molar-refractivity contribution in [3.63, 3.8) is 0 Å². The number of benzene rings is 2. The molecule has 0 saturated carbocycles. The van der Waals surface area contributed by atoms with E-state index in [0.717, 1.165) is 18.4 Å². The summed E-state index contributed by atoms with van der Waals surface area (Å²) in [6, 6.07) is 13.7. The third-order valence-electron chi connectivity index (χ3n) is 4.17. The van der Waals surface area contributed by atoms with Crippen LogP contribution in [-0.2, 0) is 16.4 Å². The van der Waals surface area contributed by atoms with Crippen LogP contribution in [0.5, 0.6) is 0 Å². The quantitative estimate of drug-likeness (QED) is 0.577. The molecule has 0 radical (unpaired) electrons. The third-order valence-corrected chi connectivity index (χ3v) is 5.80. The van der Waals surface area contributed by atoms with Crippen LogP contribution in [0, 0.1) is 0 Å². The molecule has 0 bridgehead atoms. The molecule has 7 heteroatoms. The van der Waals surface area contributed by atoms with E-state index in [4.69, 9.17) is 0 Å². The first-order valence-corrected chi connectivity index (χ1v) is 10.5. The second-order valence-electron chi connectivity index (χ2n) is 6.49. The van der Waals surface area contributed by atoms with Gasteiger partial charge in [0.05, 0.1) is 11.3 Å². The van der Waals surface area contributed by atoms with Crippen molar-refractivity contribution in [1.82, 2.24) is 4.72 Å². The molecule has 0 fully saturated rings. The number of carboxylic acid groups (broad SMARTS) is 1. The van der Waals surface area contributed by atoms with Crippen LogP contribution >= 0.6 is 0 Å². The number of sulfonamides is 1. The van der Waals surface area contributed by atoms with Crippen LogP contribution < -0.4 is 10.0 Å². The Hall–Kier alpha value is -2.38. The normalized spacial score (nSPS) is 12.5. The van der Waals surface area contributed by atoms with Crippen LogP contribution in [-0.4, -0.2) is 32.1 Å². The van der Waals surface area contributed by atoms with E-state index in [0.29, 0.717) is 18.7 Å². The summed E-state index contributed by atoms with van der Waals surface area (Å²) in [7, 11) is -3.84. The van der Waals surface area contributed by atoms with Crippen molar-refractivity contribution in [2.75, 3.05) is 11.9 Å². The molecule has 0 aliphatic heterocycles. The Kier molecular flexibility index (Phi) is 7.38. The van der Waals surface area contributed by atoms with Crippen LogP contribution in [0.2, 0.25) is 0 Å². The van der Waals surface area contributed by atoms with Crippen LogP contribution in [0.25, 0.3) is 0 Å². The zero-order chi connectivity index (χ0) is 19.9. The highest BCUT2D eigenvalue weighted by Crippen LogP contribution is 2.24. The van der Waals surface area contributed by atoms with E-state index in [9.17, 15) is 18.3 Å². The van der Waals surface area contributed by atoms with Crippen molar-refractivity contribution in [1.29, 1.82) is 0 Å². The maximum atomic E-state index is 12.8. The highest BCUT2D eigenvalue weighted by atomic mass is 32.2. The number of rotatable bonds is 10. The van der Waals surface area contributed by atoms with Gasteiger partial charge in [0.2, 0.25) is 10.0 Å². The highest BCUT2D eigenvalue weighted by Gasteiger charge is 2.22. The fraction of sp³-hybridized carbons (Fsp3) is 0.350. The number of carboxylic acids is 1. The molecular weight excluding hydrogens is 364 g/mol. The molecule has 0 heterocycles. The van der Waals surface area contributed by atoms with E-state index in [-0.39, 0.29) is 16.5 Å². The lowest BCUT2D eigenvalue weighted by Crippen LogP contribution is -2.33. The van der Waals surface area contributed by atoms with Crippen molar-refractivity contribution in [3.05, 3.63) is 59.7 Å². The Morgan fingerprint density at radius 3 is 2.48 bits per heavy atom. The SMILES string of the molecule is CCCC(C)NS(=O)(=O)c1cc(C(=O)O)ccc1NCCc1ccccc1. The second kappa shape index (κ2) is 9.53. The summed E-state index contributed by atoms with van der Waals surface area (Å²) in [6.07, 6.45) is 2.27. The minimum atomic E-state index is -3.84. The van der Waals surface area contributed by atoms with E-state index >= 15 is 0 Å². The summed E-state index contributed by atoms with van der Waals surface area (Å²) in [6.45, 7) is 4.31. The lowest BCUT2D eigenvalue weighted by molar-refractivity contribution is 0.0696. The number of hydrogen-bond donors (Lipinski definition) is 3. The Balaban J connectivity index is 2.24. The van der Waals surface area contributed by atoms with Crippen LogP contribution in [0.1, 0.15) is 42.6 Å². The number of aromatic carboxylic acids is 1. The minimum absolute atomic E-state index is 0.0431. The lowest BCUT2D eigenvalue weighted by atomic mass is 10.1. The van der Waals surface area contributed by atoms with Gasteiger partial charge in [-0.1, -0.05) is 43.7 Å². The fourth-order valence-electron chi connectivity index (χ4n) is 2.83. The van der Waals surface area contributed by atoms with Gasteiger partial charge in [0.1, 0.15) is 4.90 Å². The van der Waals surface area contributed by atoms with Gasteiger partial charge in [0.25, 0.3) is 0 Å². The van der Waals surface area contributed by atoms with Crippen LogP contribution in [0.15, 0.2) is 53.4 Å². The molecule has 0 amide bonds. The highest BCUT2D eigenvalue weighted by molar-refractivity contribution is 7.89. The number of anilines is 1. The molecule has 0 aliphatic carbocycles. The number of nitrogens with one attached hydrogen (secondary N) is 2. The van der Waals surface area contributed by atoms with E-state index in [1.807, 2.05) is 37.3 Å². The summed E-state index contributed by atoms with van der Waals surface area (Å²) in [5, 5.41) is 12.3. The molecule has 1 unspecified atom stereocenters. The molecule has 6 nitrogen and oxygen atoms in total. The lowest BCUT2D eigenvalue weighted by Gasteiger charge is -2.17. The third kappa shape index (κ3) is 6.08. The minimum Gasteiger partial charge on any atom is -0.478 e. The molecule has 1 atom stereocenters. The fourth-order valence-corrected chi connectivity index (χ4v) is 4.32. The molecule has 146 valence electrons. The average molecular weight is 391 g/mol. The van der Waals surface area contributed by atoms with Gasteiger partial charge in [0.15, 0.2) is 0 Å². The standard InChI is InChI=1S/C20H26N2O4S/c1-3-7-15(2)22-27(25,26)19-14-17(20(23)24)10-11-18(19)21-13-12-16-8-5-4-6-9-16/h4-6,8-11,14-15,21-22H,3,7,12-13H2,1-2H3,(H,23,24). The molecule has 0 aliphatic rings. The van der Waals surface area contributed by atoms with E-state index in [1.165, 1.54) is 18.2 Å². The van der Waals surface area contributed by atoms with Crippen molar-refractivity contribution in [3.8, 4) is 0 Å². The monoisotopic (exact) mass is 390 g/mol. The largest absolute Gasteiger partial charge is 0.478 e. The summed E-state index contributed by atoms with van der Waals surface area (Å²) in [4.78, 5) is 11.2. The molecule has 27 heavy (non-hydrogen) atoms. The summed E-state index contributed by atoms with van der Waals surface area (Å²) >= 11 is 0. The van der Waals surface area contributed by atoms with E-state index in [1.54, 1.807) is 6.92 Å². The van der Waals surface area contributed by atoms with Gasteiger partial charge in [-0.3, -0.25) is 0 Å². The first-order valence-electron chi connectivity index (χ1n) is 9.01. The van der Waals surface area contributed by atoms with Crippen molar-refractivity contribution in [2.45, 2.75) is 44.0 Å². The Labute approximate surface area is 160 Å². The summed E-state index contributed by atoms with van der Waals surface area (Å²) < 4.78 is 28.2. The Morgan fingerprint density at radius 1 is 1.15 bits per heavy atom. The number of hydrogen-bond acceptors (Lipinski definition) is 4. The summed E-state index contributed by atoms with van der Waals surface area (Å²) in [5.74, 6) is -1.16. The van der Waals surface area contributed by atoms with Gasteiger partial charge in [-0.2, -0.15) is 0 Å². The van der Waals surface area contributed by atoms with Gasteiger partial charge in [0, 0.05) is 12.6 Å². The predicted octanol–water partition coefficient (Wildman–Crippen LogP) is 3.51. The van der Waals surface area contributed by atoms with Gasteiger partial charge >= 0.3 is 5.97 Å². The summed E-state index contributed by atoms with van der Waals surface area (Å²) in [5.41, 5.74) is 1.46. The smallest absolute Gasteiger partial charge is 0.335 e. The Morgan fingerprint density at radius 2 is 1.85 bits per heavy atom. The molecular formula is C20H26N2O4S. The molecule has 2 aromatic rings. The first-order chi connectivity index (χ1) is 12.8.